The second-order valence-corrected chi connectivity index (χ2v) is 7.59. The van der Waals surface area contributed by atoms with Gasteiger partial charge in [0.15, 0.2) is 0 Å². The number of fused-ring (bicyclic) bond motifs is 3. The van der Waals surface area contributed by atoms with Crippen LogP contribution in [0.3, 0.4) is 0 Å². The second kappa shape index (κ2) is 6.16. The SMILES string of the molecule is NC1C2CCCC1CC(C(=O)Nc1ccc3c(c1)CCCN3)C2. The Morgan fingerprint density at radius 1 is 1.17 bits per heavy atom. The summed E-state index contributed by atoms with van der Waals surface area (Å²) in [6.07, 6.45) is 7.88. The second-order valence-electron chi connectivity index (χ2n) is 7.59. The number of rotatable bonds is 2. The third-order valence-corrected chi connectivity index (χ3v) is 6.09. The van der Waals surface area contributed by atoms with E-state index in [0.717, 1.165) is 37.9 Å². The molecule has 23 heavy (non-hydrogen) atoms. The first kappa shape index (κ1) is 15.0. The van der Waals surface area contributed by atoms with Gasteiger partial charge >= 0.3 is 0 Å². The molecule has 0 saturated heterocycles. The molecule has 2 bridgehead atoms. The molecular formula is C19H27N3O. The lowest BCUT2D eigenvalue weighted by molar-refractivity contribution is -0.122. The fourth-order valence-corrected chi connectivity index (χ4v) is 4.80. The Hall–Kier alpha value is -1.55. The van der Waals surface area contributed by atoms with E-state index in [-0.39, 0.29) is 11.8 Å². The summed E-state index contributed by atoms with van der Waals surface area (Å²) in [7, 11) is 0. The number of anilines is 2. The zero-order chi connectivity index (χ0) is 15.8. The lowest BCUT2D eigenvalue weighted by Crippen LogP contribution is -2.48. The fourth-order valence-electron chi connectivity index (χ4n) is 4.80. The molecule has 2 fully saturated rings. The van der Waals surface area contributed by atoms with Gasteiger partial charge in [-0.25, -0.2) is 0 Å². The van der Waals surface area contributed by atoms with Crippen LogP contribution in [0.5, 0.6) is 0 Å². The molecule has 1 heterocycles. The molecule has 1 aliphatic heterocycles. The smallest absolute Gasteiger partial charge is 0.227 e. The van der Waals surface area contributed by atoms with E-state index in [9.17, 15) is 4.79 Å². The summed E-state index contributed by atoms with van der Waals surface area (Å²) in [4.78, 5) is 12.7. The Morgan fingerprint density at radius 2 is 1.96 bits per heavy atom. The van der Waals surface area contributed by atoms with Crippen molar-refractivity contribution in [2.75, 3.05) is 17.2 Å². The van der Waals surface area contributed by atoms with Gasteiger partial charge in [-0.2, -0.15) is 0 Å². The van der Waals surface area contributed by atoms with Crippen molar-refractivity contribution < 1.29 is 4.79 Å². The van der Waals surface area contributed by atoms with E-state index >= 15 is 0 Å². The molecule has 2 saturated carbocycles. The molecular weight excluding hydrogens is 286 g/mol. The predicted molar refractivity (Wildman–Crippen MR) is 93.4 cm³/mol. The van der Waals surface area contributed by atoms with Gasteiger partial charge < -0.3 is 16.4 Å². The lowest BCUT2D eigenvalue weighted by atomic mass is 9.65. The molecule has 2 unspecified atom stereocenters. The summed E-state index contributed by atoms with van der Waals surface area (Å²) in [5.74, 6) is 1.42. The lowest BCUT2D eigenvalue weighted by Gasteiger charge is -2.43. The molecule has 0 aromatic heterocycles. The van der Waals surface area contributed by atoms with Crippen LogP contribution >= 0.6 is 0 Å². The highest BCUT2D eigenvalue weighted by Crippen LogP contribution is 2.42. The van der Waals surface area contributed by atoms with Gasteiger partial charge in [-0.05, 0) is 74.1 Å². The number of amides is 1. The topological polar surface area (TPSA) is 67.2 Å². The quantitative estimate of drug-likeness (QED) is 0.786. The van der Waals surface area contributed by atoms with Gasteiger partial charge in [0.2, 0.25) is 5.91 Å². The van der Waals surface area contributed by atoms with Crippen LogP contribution in [-0.2, 0) is 11.2 Å². The summed E-state index contributed by atoms with van der Waals surface area (Å²) >= 11 is 0. The molecule has 2 aliphatic carbocycles. The third kappa shape index (κ3) is 2.97. The molecule has 0 spiro atoms. The summed E-state index contributed by atoms with van der Waals surface area (Å²) in [5.41, 5.74) is 9.81. The maximum Gasteiger partial charge on any atom is 0.227 e. The Morgan fingerprint density at radius 3 is 2.74 bits per heavy atom. The van der Waals surface area contributed by atoms with Crippen molar-refractivity contribution >= 4 is 17.3 Å². The average Bonchev–Trinajstić information content (AvgIpc) is 2.54. The first-order chi connectivity index (χ1) is 11.2. The first-order valence-electron chi connectivity index (χ1n) is 9.14. The summed E-state index contributed by atoms with van der Waals surface area (Å²) < 4.78 is 0. The van der Waals surface area contributed by atoms with Crippen LogP contribution in [0.2, 0.25) is 0 Å². The molecule has 1 aromatic rings. The summed E-state index contributed by atoms with van der Waals surface area (Å²) in [5, 5.41) is 6.57. The molecule has 3 aliphatic rings. The van der Waals surface area contributed by atoms with E-state index in [1.807, 2.05) is 6.07 Å². The zero-order valence-electron chi connectivity index (χ0n) is 13.7. The molecule has 4 nitrogen and oxygen atoms in total. The Bertz CT molecular complexity index is 586. The van der Waals surface area contributed by atoms with Gasteiger partial charge in [-0.1, -0.05) is 6.42 Å². The number of hydrogen-bond acceptors (Lipinski definition) is 3. The van der Waals surface area contributed by atoms with Gasteiger partial charge in [0.1, 0.15) is 0 Å². The van der Waals surface area contributed by atoms with Crippen molar-refractivity contribution in [1.29, 1.82) is 0 Å². The third-order valence-electron chi connectivity index (χ3n) is 6.09. The van der Waals surface area contributed by atoms with E-state index in [0.29, 0.717) is 17.9 Å². The number of hydrogen-bond donors (Lipinski definition) is 3. The van der Waals surface area contributed by atoms with Crippen molar-refractivity contribution in [2.45, 2.75) is 51.0 Å². The Kier molecular flexibility index (Phi) is 4.02. The largest absolute Gasteiger partial charge is 0.385 e. The van der Waals surface area contributed by atoms with Crippen LogP contribution in [0.4, 0.5) is 11.4 Å². The number of carbonyl (C=O) groups is 1. The number of aryl methyl sites for hydroxylation is 1. The average molecular weight is 313 g/mol. The van der Waals surface area contributed by atoms with Crippen LogP contribution in [0.25, 0.3) is 0 Å². The molecule has 4 N–H and O–H groups in total. The zero-order valence-corrected chi connectivity index (χ0v) is 13.7. The predicted octanol–water partition coefficient (Wildman–Crippen LogP) is 3.14. The highest BCUT2D eigenvalue weighted by molar-refractivity contribution is 5.93. The van der Waals surface area contributed by atoms with Crippen LogP contribution in [-0.4, -0.2) is 18.5 Å². The molecule has 124 valence electrons. The molecule has 0 radical (unpaired) electrons. The first-order valence-corrected chi connectivity index (χ1v) is 9.14. The number of nitrogens with two attached hydrogens (primary N) is 1. The minimum atomic E-state index is 0.138. The fraction of sp³-hybridized carbons (Fsp3) is 0.632. The van der Waals surface area contributed by atoms with Gasteiger partial charge in [0.25, 0.3) is 0 Å². The van der Waals surface area contributed by atoms with Crippen LogP contribution in [0.1, 0.15) is 44.1 Å². The standard InChI is InChI=1S/C19H27N3O/c20-18-13-3-1-4-14(18)10-15(9-13)19(23)22-16-6-7-17-12(11-16)5-2-8-21-17/h6-7,11,13-15,18,21H,1-5,8-10,20H2,(H,22,23). The van der Waals surface area contributed by atoms with Crippen molar-refractivity contribution in [3.05, 3.63) is 23.8 Å². The molecule has 2 atom stereocenters. The van der Waals surface area contributed by atoms with Gasteiger partial charge in [0, 0.05) is 29.9 Å². The Labute approximate surface area is 138 Å². The van der Waals surface area contributed by atoms with E-state index in [2.05, 4.69) is 22.8 Å². The summed E-state index contributed by atoms with van der Waals surface area (Å²) in [6.45, 7) is 1.05. The maximum absolute atomic E-state index is 12.7. The summed E-state index contributed by atoms with van der Waals surface area (Å²) in [6, 6.07) is 6.57. The minimum absolute atomic E-state index is 0.138. The number of nitrogens with one attached hydrogen (secondary N) is 2. The highest BCUT2D eigenvalue weighted by Gasteiger charge is 2.40. The normalized spacial score (nSPS) is 32.6. The van der Waals surface area contributed by atoms with E-state index < -0.39 is 0 Å². The Balaban J connectivity index is 1.44. The van der Waals surface area contributed by atoms with Gasteiger partial charge in [-0.15, -0.1) is 0 Å². The van der Waals surface area contributed by atoms with Gasteiger partial charge in [-0.3, -0.25) is 4.79 Å². The van der Waals surface area contributed by atoms with Gasteiger partial charge in [0.05, 0.1) is 0 Å². The van der Waals surface area contributed by atoms with E-state index in [4.69, 9.17) is 5.73 Å². The highest BCUT2D eigenvalue weighted by atomic mass is 16.1. The van der Waals surface area contributed by atoms with Crippen LogP contribution in [0.15, 0.2) is 18.2 Å². The maximum atomic E-state index is 12.7. The van der Waals surface area contributed by atoms with Crippen LogP contribution in [0, 0.1) is 17.8 Å². The molecule has 4 heteroatoms. The molecule has 4 rings (SSSR count). The minimum Gasteiger partial charge on any atom is -0.385 e. The van der Waals surface area contributed by atoms with Crippen molar-refractivity contribution in [1.82, 2.24) is 0 Å². The van der Waals surface area contributed by atoms with Crippen molar-refractivity contribution in [3.63, 3.8) is 0 Å². The number of benzene rings is 1. The van der Waals surface area contributed by atoms with Crippen molar-refractivity contribution in [2.24, 2.45) is 23.5 Å². The monoisotopic (exact) mass is 313 g/mol. The molecule has 1 amide bonds. The van der Waals surface area contributed by atoms with Crippen molar-refractivity contribution in [3.8, 4) is 0 Å². The van der Waals surface area contributed by atoms with E-state index in [1.54, 1.807) is 0 Å². The van der Waals surface area contributed by atoms with E-state index in [1.165, 1.54) is 30.5 Å². The molecule has 1 aromatic carbocycles. The van der Waals surface area contributed by atoms with Crippen LogP contribution < -0.4 is 16.4 Å². The number of carbonyl (C=O) groups excluding carboxylic acids is 1.